The molecule has 0 saturated carbocycles. The van der Waals surface area contributed by atoms with Crippen molar-refractivity contribution in [3.05, 3.63) is 12.1 Å². The average Bonchev–Trinajstić information content (AvgIpc) is 2.46. The van der Waals surface area contributed by atoms with Gasteiger partial charge in [0, 0.05) is 6.26 Å². The number of nitrogen functional groups attached to an aromatic ring is 1. The van der Waals surface area contributed by atoms with Crippen LogP contribution in [0.4, 0.5) is 5.82 Å². The third-order valence-corrected chi connectivity index (χ3v) is 2.71. The van der Waals surface area contributed by atoms with Crippen molar-refractivity contribution >= 4 is 26.8 Å². The fraction of sp³-hybridized carbons (Fsp3) is 0.143. The van der Waals surface area contributed by atoms with Gasteiger partial charge in [0.1, 0.15) is 0 Å². The van der Waals surface area contributed by atoms with E-state index in [0.717, 1.165) is 6.26 Å². The lowest BCUT2D eigenvalue weighted by Crippen LogP contribution is -1.99. The normalized spacial score (nSPS) is 12.1. The molecule has 7 heteroatoms. The fourth-order valence-electron chi connectivity index (χ4n) is 1.04. The molecule has 14 heavy (non-hydrogen) atoms. The number of rotatable bonds is 1. The number of sulfone groups is 1. The molecule has 0 amide bonds. The van der Waals surface area contributed by atoms with Gasteiger partial charge in [0.15, 0.2) is 20.7 Å². The molecule has 2 N–H and O–H groups in total. The van der Waals surface area contributed by atoms with Gasteiger partial charge >= 0.3 is 0 Å². The third kappa shape index (κ3) is 1.31. The number of nitrogens with zero attached hydrogens (tertiary/aromatic N) is 2. The van der Waals surface area contributed by atoms with Gasteiger partial charge in [-0.25, -0.2) is 8.42 Å². The Labute approximate surface area is 79.6 Å². The number of nitrogens with two attached hydrogens (primary N) is 1. The molecule has 2 rings (SSSR count). The quantitative estimate of drug-likeness (QED) is 0.726. The summed E-state index contributed by atoms with van der Waals surface area (Å²) in [4.78, 5) is 3.77. The van der Waals surface area contributed by atoms with Crippen molar-refractivity contribution in [3.63, 3.8) is 0 Å². The number of anilines is 1. The number of hydrogen-bond donors (Lipinski definition) is 1. The Kier molecular flexibility index (Phi) is 1.71. The van der Waals surface area contributed by atoms with Gasteiger partial charge in [-0.15, -0.1) is 0 Å². The van der Waals surface area contributed by atoms with Gasteiger partial charge in [0.05, 0.1) is 5.39 Å². The fourth-order valence-corrected chi connectivity index (χ4v) is 1.60. The number of hydrogen-bond acceptors (Lipinski definition) is 6. The van der Waals surface area contributed by atoms with E-state index in [0.29, 0.717) is 5.39 Å². The monoisotopic (exact) mass is 213 g/mol. The van der Waals surface area contributed by atoms with Crippen LogP contribution < -0.4 is 5.73 Å². The standard InChI is InChI=1S/C7H7N3O3S/c1-14(11,12)5-3-2-4-6(8)10-13-7(4)9-5/h2-3H,1H3,(H2,8,10). The van der Waals surface area contributed by atoms with Crippen LogP contribution >= 0.6 is 0 Å². The van der Waals surface area contributed by atoms with Crippen LogP contribution in [0.5, 0.6) is 0 Å². The van der Waals surface area contributed by atoms with Crippen LogP contribution in [0.15, 0.2) is 21.7 Å². The van der Waals surface area contributed by atoms with Gasteiger partial charge in [0.2, 0.25) is 0 Å². The maximum atomic E-state index is 11.1. The largest absolute Gasteiger partial charge is 0.380 e. The first-order chi connectivity index (χ1) is 6.48. The topological polar surface area (TPSA) is 99.1 Å². The molecule has 0 spiro atoms. The lowest BCUT2D eigenvalue weighted by atomic mass is 10.3. The van der Waals surface area contributed by atoms with E-state index in [1.165, 1.54) is 12.1 Å². The van der Waals surface area contributed by atoms with Crippen molar-refractivity contribution in [3.8, 4) is 0 Å². The molecule has 2 aromatic heterocycles. The molecule has 6 nitrogen and oxygen atoms in total. The smallest absolute Gasteiger partial charge is 0.261 e. The Bertz CT molecular complexity index is 587. The zero-order valence-corrected chi connectivity index (χ0v) is 8.08. The highest BCUT2D eigenvalue weighted by molar-refractivity contribution is 7.90. The second kappa shape index (κ2) is 2.68. The molecule has 0 aromatic carbocycles. The molecular weight excluding hydrogens is 206 g/mol. The van der Waals surface area contributed by atoms with Crippen LogP contribution in [-0.4, -0.2) is 24.8 Å². The first-order valence-corrected chi connectivity index (χ1v) is 5.59. The molecule has 0 atom stereocenters. The lowest BCUT2D eigenvalue weighted by Gasteiger charge is -1.94. The predicted octanol–water partition coefficient (Wildman–Crippen LogP) is 0.209. The molecule has 0 unspecified atom stereocenters. The summed E-state index contributed by atoms with van der Waals surface area (Å²) in [5.41, 5.74) is 5.57. The molecular formula is C7H7N3O3S. The number of fused-ring (bicyclic) bond motifs is 1. The van der Waals surface area contributed by atoms with Crippen LogP contribution in [0.1, 0.15) is 0 Å². The minimum Gasteiger partial charge on any atom is -0.380 e. The van der Waals surface area contributed by atoms with Crippen molar-refractivity contribution in [2.45, 2.75) is 5.03 Å². The van der Waals surface area contributed by atoms with E-state index >= 15 is 0 Å². The van der Waals surface area contributed by atoms with Crippen molar-refractivity contribution in [1.82, 2.24) is 10.1 Å². The summed E-state index contributed by atoms with van der Waals surface area (Å²) in [5, 5.41) is 3.92. The lowest BCUT2D eigenvalue weighted by molar-refractivity contribution is 0.450. The van der Waals surface area contributed by atoms with E-state index in [1.807, 2.05) is 0 Å². The zero-order chi connectivity index (χ0) is 10.3. The first-order valence-electron chi connectivity index (χ1n) is 3.70. The summed E-state index contributed by atoms with van der Waals surface area (Å²) in [6.07, 6.45) is 1.07. The number of aromatic nitrogens is 2. The van der Waals surface area contributed by atoms with Crippen LogP contribution in [0.2, 0.25) is 0 Å². The van der Waals surface area contributed by atoms with Crippen LogP contribution in [-0.2, 0) is 9.84 Å². The average molecular weight is 213 g/mol. The summed E-state index contributed by atoms with van der Waals surface area (Å²) >= 11 is 0. The molecule has 2 heterocycles. The molecule has 2 aromatic rings. The van der Waals surface area contributed by atoms with E-state index in [2.05, 4.69) is 10.1 Å². The van der Waals surface area contributed by atoms with Crippen molar-refractivity contribution in [1.29, 1.82) is 0 Å². The Morgan fingerprint density at radius 3 is 2.79 bits per heavy atom. The maximum absolute atomic E-state index is 11.1. The second-order valence-electron chi connectivity index (χ2n) is 2.84. The van der Waals surface area contributed by atoms with E-state index in [1.54, 1.807) is 0 Å². The molecule has 0 aliphatic heterocycles. The Hall–Kier alpha value is -1.63. The summed E-state index contributed by atoms with van der Waals surface area (Å²) in [6.45, 7) is 0. The minimum atomic E-state index is -3.32. The van der Waals surface area contributed by atoms with E-state index in [4.69, 9.17) is 10.3 Å². The van der Waals surface area contributed by atoms with Gasteiger partial charge in [-0.1, -0.05) is 5.16 Å². The molecule has 0 aliphatic carbocycles. The third-order valence-electron chi connectivity index (χ3n) is 1.72. The highest BCUT2D eigenvalue weighted by Gasteiger charge is 2.13. The van der Waals surface area contributed by atoms with E-state index < -0.39 is 9.84 Å². The predicted molar refractivity (Wildman–Crippen MR) is 49.3 cm³/mol. The molecule has 0 fully saturated rings. The SMILES string of the molecule is CS(=O)(=O)c1ccc2c(N)noc2n1. The highest BCUT2D eigenvalue weighted by Crippen LogP contribution is 2.19. The summed E-state index contributed by atoms with van der Waals surface area (Å²) in [5.74, 6) is 0.201. The van der Waals surface area contributed by atoms with Crippen molar-refractivity contribution in [2.75, 3.05) is 12.0 Å². The molecule has 0 aliphatic rings. The van der Waals surface area contributed by atoms with Gasteiger partial charge in [-0.3, -0.25) is 0 Å². The van der Waals surface area contributed by atoms with Crippen LogP contribution in [0.25, 0.3) is 11.1 Å². The van der Waals surface area contributed by atoms with Crippen molar-refractivity contribution < 1.29 is 12.9 Å². The van der Waals surface area contributed by atoms with E-state index in [-0.39, 0.29) is 16.6 Å². The number of pyridine rings is 1. The Balaban J connectivity index is 2.76. The van der Waals surface area contributed by atoms with Gasteiger partial charge in [0.25, 0.3) is 5.71 Å². The summed E-state index contributed by atoms with van der Waals surface area (Å²) in [7, 11) is -3.32. The van der Waals surface area contributed by atoms with Gasteiger partial charge in [-0.05, 0) is 12.1 Å². The van der Waals surface area contributed by atoms with Gasteiger partial charge in [-0.2, -0.15) is 4.98 Å². The molecule has 0 radical (unpaired) electrons. The second-order valence-corrected chi connectivity index (χ2v) is 4.80. The summed E-state index contributed by atoms with van der Waals surface area (Å²) in [6, 6.07) is 2.88. The molecule has 0 bridgehead atoms. The van der Waals surface area contributed by atoms with Crippen molar-refractivity contribution in [2.24, 2.45) is 0 Å². The zero-order valence-electron chi connectivity index (χ0n) is 7.26. The van der Waals surface area contributed by atoms with Crippen LogP contribution in [0, 0.1) is 0 Å². The van der Waals surface area contributed by atoms with Gasteiger partial charge < -0.3 is 10.3 Å². The maximum Gasteiger partial charge on any atom is 0.261 e. The summed E-state index contributed by atoms with van der Waals surface area (Å²) < 4.78 is 27.0. The van der Waals surface area contributed by atoms with E-state index in [9.17, 15) is 8.42 Å². The molecule has 0 saturated heterocycles. The minimum absolute atomic E-state index is 0.0545. The highest BCUT2D eigenvalue weighted by atomic mass is 32.2. The first kappa shape index (κ1) is 8.95. The molecule has 74 valence electrons. The van der Waals surface area contributed by atoms with Crippen LogP contribution in [0.3, 0.4) is 0 Å². The Morgan fingerprint density at radius 2 is 2.14 bits per heavy atom. The Morgan fingerprint density at radius 1 is 1.43 bits per heavy atom.